The molecule has 0 bridgehead atoms. The highest BCUT2D eigenvalue weighted by Gasteiger charge is 2.07. The molecule has 0 saturated carbocycles. The van der Waals surface area contributed by atoms with Gasteiger partial charge >= 0.3 is 0 Å². The van der Waals surface area contributed by atoms with Crippen molar-refractivity contribution in [1.82, 2.24) is 4.90 Å². The molecule has 1 amide bonds. The fourth-order valence-electron chi connectivity index (χ4n) is 2.08. The van der Waals surface area contributed by atoms with Crippen LogP contribution in [0.1, 0.15) is 26.2 Å². The predicted molar refractivity (Wildman–Crippen MR) is 82.5 cm³/mol. The first-order valence-corrected chi connectivity index (χ1v) is 7.15. The number of carbonyl (C=O) groups excluding carboxylic acids is 1. The van der Waals surface area contributed by atoms with Gasteiger partial charge in [0.25, 0.3) is 0 Å². The number of aliphatic hydroxyl groups excluding tert-OH is 1. The summed E-state index contributed by atoms with van der Waals surface area (Å²) in [5.41, 5.74) is 7.02. The molecule has 0 fully saturated rings. The van der Waals surface area contributed by atoms with Gasteiger partial charge in [0.1, 0.15) is 0 Å². The second-order valence-electron chi connectivity index (χ2n) is 4.80. The van der Waals surface area contributed by atoms with Gasteiger partial charge in [-0.15, -0.1) is 0 Å². The summed E-state index contributed by atoms with van der Waals surface area (Å²) in [4.78, 5) is 14.0. The van der Waals surface area contributed by atoms with Gasteiger partial charge in [-0.25, -0.2) is 0 Å². The Labute approximate surface area is 120 Å². The summed E-state index contributed by atoms with van der Waals surface area (Å²) < 4.78 is 0. The van der Waals surface area contributed by atoms with Crippen LogP contribution in [0.25, 0.3) is 0 Å². The molecule has 5 nitrogen and oxygen atoms in total. The Morgan fingerprint density at radius 1 is 1.30 bits per heavy atom. The van der Waals surface area contributed by atoms with Crippen LogP contribution in [0.5, 0.6) is 0 Å². The minimum Gasteiger partial charge on any atom is -0.397 e. The van der Waals surface area contributed by atoms with Gasteiger partial charge in [-0.05, 0) is 38.1 Å². The fourth-order valence-corrected chi connectivity index (χ4v) is 2.08. The molecule has 0 aliphatic carbocycles. The molecule has 0 spiro atoms. The van der Waals surface area contributed by atoms with E-state index in [4.69, 9.17) is 10.8 Å². The zero-order chi connectivity index (χ0) is 14.8. The smallest absolute Gasteiger partial charge is 0.224 e. The first-order valence-electron chi connectivity index (χ1n) is 7.15. The Bertz CT molecular complexity index is 404. The molecule has 1 rings (SSSR count). The van der Waals surface area contributed by atoms with Crippen molar-refractivity contribution in [3.8, 4) is 0 Å². The quantitative estimate of drug-likeness (QED) is 0.601. The lowest BCUT2D eigenvalue weighted by Gasteiger charge is -2.20. The largest absolute Gasteiger partial charge is 0.397 e. The number of aliphatic hydroxyl groups is 1. The number of carbonyl (C=O) groups is 1. The third-order valence-corrected chi connectivity index (χ3v) is 3.07. The molecule has 0 radical (unpaired) electrons. The lowest BCUT2D eigenvalue weighted by atomic mass is 10.2. The van der Waals surface area contributed by atoms with Crippen LogP contribution in [0, 0.1) is 0 Å². The van der Waals surface area contributed by atoms with E-state index in [0.717, 1.165) is 25.9 Å². The number of hydrogen-bond acceptors (Lipinski definition) is 4. The summed E-state index contributed by atoms with van der Waals surface area (Å²) in [5, 5.41) is 11.8. The maximum absolute atomic E-state index is 11.8. The van der Waals surface area contributed by atoms with Gasteiger partial charge in [-0.3, -0.25) is 4.79 Å². The van der Waals surface area contributed by atoms with E-state index in [2.05, 4.69) is 17.1 Å². The summed E-state index contributed by atoms with van der Waals surface area (Å²) >= 11 is 0. The number of nitrogens with one attached hydrogen (secondary N) is 1. The molecule has 1 aromatic rings. The zero-order valence-corrected chi connectivity index (χ0v) is 12.1. The number of rotatable bonds is 9. The third kappa shape index (κ3) is 6.04. The summed E-state index contributed by atoms with van der Waals surface area (Å²) in [7, 11) is 0. The first-order chi connectivity index (χ1) is 9.67. The molecule has 0 aliphatic rings. The number of benzene rings is 1. The lowest BCUT2D eigenvalue weighted by molar-refractivity contribution is -0.116. The van der Waals surface area contributed by atoms with Crippen LogP contribution in [-0.2, 0) is 4.79 Å². The minimum atomic E-state index is -0.0247. The number of nitrogens with zero attached hydrogens (tertiary/aromatic N) is 1. The summed E-state index contributed by atoms with van der Waals surface area (Å²) in [6.07, 6.45) is 2.28. The molecular weight excluding hydrogens is 254 g/mol. The van der Waals surface area contributed by atoms with E-state index in [-0.39, 0.29) is 12.5 Å². The standard InChI is InChI=1S/C15H25N3O2/c1-2-9-18(11-12-19)10-5-8-15(20)17-14-7-4-3-6-13(14)16/h3-4,6-7,19H,2,5,8-12,16H2,1H3,(H,17,20). The zero-order valence-electron chi connectivity index (χ0n) is 12.1. The van der Waals surface area contributed by atoms with Gasteiger partial charge in [0.15, 0.2) is 0 Å². The molecule has 0 saturated heterocycles. The first kappa shape index (κ1) is 16.5. The number of nitrogens with two attached hydrogens (primary N) is 1. The minimum absolute atomic E-state index is 0.0247. The highest BCUT2D eigenvalue weighted by atomic mass is 16.3. The van der Waals surface area contributed by atoms with Crippen molar-refractivity contribution in [2.24, 2.45) is 0 Å². The summed E-state index contributed by atoms with van der Waals surface area (Å²) in [6, 6.07) is 7.24. The average Bonchev–Trinajstić information content (AvgIpc) is 2.42. The average molecular weight is 279 g/mol. The van der Waals surface area contributed by atoms with E-state index >= 15 is 0 Å². The van der Waals surface area contributed by atoms with Gasteiger partial charge in [-0.1, -0.05) is 19.1 Å². The van der Waals surface area contributed by atoms with Crippen LogP contribution in [0.2, 0.25) is 0 Å². The number of hydrogen-bond donors (Lipinski definition) is 3. The van der Waals surface area contributed by atoms with Gasteiger partial charge in [0.05, 0.1) is 18.0 Å². The fraction of sp³-hybridized carbons (Fsp3) is 0.533. The highest BCUT2D eigenvalue weighted by molar-refractivity contribution is 5.93. The van der Waals surface area contributed by atoms with Crippen LogP contribution in [0.3, 0.4) is 0 Å². The van der Waals surface area contributed by atoms with Crippen LogP contribution < -0.4 is 11.1 Å². The number of anilines is 2. The topological polar surface area (TPSA) is 78.6 Å². The highest BCUT2D eigenvalue weighted by Crippen LogP contribution is 2.16. The summed E-state index contributed by atoms with van der Waals surface area (Å²) in [5.74, 6) is -0.0247. The SMILES string of the molecule is CCCN(CCO)CCCC(=O)Nc1ccccc1N. The van der Waals surface area contributed by atoms with Gasteiger partial charge < -0.3 is 21.1 Å². The van der Waals surface area contributed by atoms with Crippen LogP contribution >= 0.6 is 0 Å². The molecule has 4 N–H and O–H groups in total. The molecule has 0 atom stereocenters. The van der Waals surface area contributed by atoms with Crippen molar-refractivity contribution < 1.29 is 9.90 Å². The monoisotopic (exact) mass is 279 g/mol. The molecule has 0 aliphatic heterocycles. The second-order valence-corrected chi connectivity index (χ2v) is 4.80. The molecule has 0 unspecified atom stereocenters. The Morgan fingerprint density at radius 2 is 2.05 bits per heavy atom. The predicted octanol–water partition coefficient (Wildman–Crippen LogP) is 1.69. The molecule has 112 valence electrons. The van der Waals surface area contributed by atoms with Gasteiger partial charge in [0, 0.05) is 13.0 Å². The maximum Gasteiger partial charge on any atom is 0.224 e. The van der Waals surface area contributed by atoms with Crippen molar-refractivity contribution in [3.63, 3.8) is 0 Å². The molecule has 20 heavy (non-hydrogen) atoms. The van der Waals surface area contributed by atoms with Crippen molar-refractivity contribution in [2.45, 2.75) is 26.2 Å². The van der Waals surface area contributed by atoms with E-state index < -0.39 is 0 Å². The molecule has 0 aromatic heterocycles. The van der Waals surface area contributed by atoms with E-state index in [0.29, 0.717) is 24.3 Å². The summed E-state index contributed by atoms with van der Waals surface area (Å²) in [6.45, 7) is 4.71. The third-order valence-electron chi connectivity index (χ3n) is 3.07. The van der Waals surface area contributed by atoms with Crippen LogP contribution in [0.15, 0.2) is 24.3 Å². The van der Waals surface area contributed by atoms with Crippen molar-refractivity contribution >= 4 is 17.3 Å². The van der Waals surface area contributed by atoms with E-state index in [1.807, 2.05) is 12.1 Å². The Kier molecular flexibility index (Phi) is 7.69. The van der Waals surface area contributed by atoms with Crippen LogP contribution in [0.4, 0.5) is 11.4 Å². The maximum atomic E-state index is 11.8. The molecular formula is C15H25N3O2. The van der Waals surface area contributed by atoms with E-state index in [1.165, 1.54) is 0 Å². The second kappa shape index (κ2) is 9.34. The van der Waals surface area contributed by atoms with Gasteiger partial charge in [-0.2, -0.15) is 0 Å². The van der Waals surface area contributed by atoms with Crippen molar-refractivity contribution in [2.75, 3.05) is 37.3 Å². The Balaban J connectivity index is 2.31. The molecule has 1 aromatic carbocycles. The number of para-hydroxylation sites is 2. The van der Waals surface area contributed by atoms with Crippen LogP contribution in [-0.4, -0.2) is 42.2 Å². The van der Waals surface area contributed by atoms with Crippen molar-refractivity contribution in [3.05, 3.63) is 24.3 Å². The lowest BCUT2D eigenvalue weighted by Crippen LogP contribution is -2.29. The number of nitrogen functional groups attached to an aromatic ring is 1. The van der Waals surface area contributed by atoms with Gasteiger partial charge in [0.2, 0.25) is 5.91 Å². The number of amides is 1. The Hall–Kier alpha value is -1.59. The Morgan fingerprint density at radius 3 is 2.70 bits per heavy atom. The molecule has 5 heteroatoms. The normalized spacial score (nSPS) is 10.8. The van der Waals surface area contributed by atoms with E-state index in [1.54, 1.807) is 12.1 Å². The van der Waals surface area contributed by atoms with E-state index in [9.17, 15) is 4.79 Å². The van der Waals surface area contributed by atoms with Crippen molar-refractivity contribution in [1.29, 1.82) is 0 Å². The molecule has 0 heterocycles.